The summed E-state index contributed by atoms with van der Waals surface area (Å²) < 4.78 is 62.9. The maximum Gasteiger partial charge on any atom is 0.422 e. The van der Waals surface area contributed by atoms with Gasteiger partial charge >= 0.3 is 6.18 Å². The minimum Gasteiger partial charge on any atom is -0.484 e. The van der Waals surface area contributed by atoms with Gasteiger partial charge in [-0.25, -0.2) is 8.42 Å². The zero-order valence-electron chi connectivity index (χ0n) is 9.51. The number of benzene rings is 1. The Balaban J connectivity index is 3.10. The summed E-state index contributed by atoms with van der Waals surface area (Å²) in [5.74, 6) is -0.0195. The van der Waals surface area contributed by atoms with Gasteiger partial charge in [0.15, 0.2) is 6.61 Å². The molecule has 3 nitrogen and oxygen atoms in total. The fourth-order valence-electron chi connectivity index (χ4n) is 1.35. The first-order valence-corrected chi connectivity index (χ1v) is 7.08. The van der Waals surface area contributed by atoms with Crippen LogP contribution in [-0.4, -0.2) is 21.2 Å². The number of hydrogen-bond donors (Lipinski definition) is 0. The largest absolute Gasteiger partial charge is 0.484 e. The molecular weight excluding hydrogens is 293 g/mol. The lowest BCUT2D eigenvalue weighted by atomic mass is 10.1. The number of alkyl halides is 3. The maximum atomic E-state index is 12.0. The van der Waals surface area contributed by atoms with Gasteiger partial charge in [-0.1, -0.05) is 0 Å². The van der Waals surface area contributed by atoms with E-state index in [9.17, 15) is 21.6 Å². The van der Waals surface area contributed by atoms with Crippen LogP contribution in [0.5, 0.6) is 5.75 Å². The molecule has 0 aliphatic carbocycles. The molecule has 0 atom stereocenters. The van der Waals surface area contributed by atoms with Crippen molar-refractivity contribution in [1.82, 2.24) is 0 Å². The summed E-state index contributed by atoms with van der Waals surface area (Å²) in [6, 6.07) is 2.28. The van der Waals surface area contributed by atoms with Crippen LogP contribution in [0.15, 0.2) is 17.0 Å². The summed E-state index contributed by atoms with van der Waals surface area (Å²) in [4.78, 5) is -0.138. The Morgan fingerprint density at radius 2 is 1.78 bits per heavy atom. The van der Waals surface area contributed by atoms with Crippen molar-refractivity contribution in [3.8, 4) is 5.75 Å². The highest BCUT2D eigenvalue weighted by atomic mass is 35.7. The van der Waals surface area contributed by atoms with E-state index in [0.717, 1.165) is 12.1 Å². The second kappa shape index (κ2) is 4.97. The van der Waals surface area contributed by atoms with Crippen molar-refractivity contribution in [3.63, 3.8) is 0 Å². The molecule has 0 fully saturated rings. The Bertz CT molecular complexity index is 552. The first kappa shape index (κ1) is 15.1. The van der Waals surface area contributed by atoms with E-state index in [-0.39, 0.29) is 16.2 Å². The van der Waals surface area contributed by atoms with E-state index >= 15 is 0 Å². The first-order valence-electron chi connectivity index (χ1n) is 4.77. The van der Waals surface area contributed by atoms with Crippen molar-refractivity contribution in [3.05, 3.63) is 23.3 Å². The monoisotopic (exact) mass is 302 g/mol. The van der Waals surface area contributed by atoms with Crippen molar-refractivity contribution < 1.29 is 26.3 Å². The molecule has 0 unspecified atom stereocenters. The van der Waals surface area contributed by atoms with Gasteiger partial charge in [0.1, 0.15) is 5.75 Å². The summed E-state index contributed by atoms with van der Waals surface area (Å²) in [6.45, 7) is 1.48. The number of ether oxygens (including phenoxy) is 1. The molecule has 0 aliphatic rings. The molecule has 0 bridgehead atoms. The van der Waals surface area contributed by atoms with E-state index in [2.05, 4.69) is 4.74 Å². The number of hydrogen-bond acceptors (Lipinski definition) is 3. The highest BCUT2D eigenvalue weighted by Gasteiger charge is 2.29. The highest BCUT2D eigenvalue weighted by Crippen LogP contribution is 2.30. The molecule has 18 heavy (non-hydrogen) atoms. The zero-order chi connectivity index (χ0) is 14.1. The van der Waals surface area contributed by atoms with Crippen LogP contribution in [0.1, 0.15) is 11.1 Å². The second-order valence-electron chi connectivity index (χ2n) is 3.65. The Labute approximate surface area is 107 Å². The van der Waals surface area contributed by atoms with Crippen LogP contribution >= 0.6 is 10.7 Å². The van der Waals surface area contributed by atoms with E-state index in [1.807, 2.05) is 0 Å². The van der Waals surface area contributed by atoms with Gasteiger partial charge < -0.3 is 4.74 Å². The number of rotatable bonds is 3. The Kier molecular flexibility index (Phi) is 4.17. The van der Waals surface area contributed by atoms with Crippen molar-refractivity contribution in [2.75, 3.05) is 6.61 Å². The average Bonchev–Trinajstić information content (AvgIpc) is 2.17. The predicted octanol–water partition coefficient (Wildman–Crippen LogP) is 3.17. The molecule has 1 aromatic carbocycles. The predicted molar refractivity (Wildman–Crippen MR) is 60.5 cm³/mol. The summed E-state index contributed by atoms with van der Waals surface area (Å²) >= 11 is 0. The molecule has 0 saturated carbocycles. The molecular formula is C10H10ClF3O3S. The SMILES string of the molecule is Cc1c(OCC(F)(F)F)ccc(S(=O)(=O)Cl)c1C. The normalized spacial score (nSPS) is 12.6. The Morgan fingerprint density at radius 3 is 2.22 bits per heavy atom. The minimum atomic E-state index is -4.45. The lowest BCUT2D eigenvalue weighted by molar-refractivity contribution is -0.153. The minimum absolute atomic E-state index is 0.0195. The van der Waals surface area contributed by atoms with Crippen molar-refractivity contribution in [1.29, 1.82) is 0 Å². The van der Waals surface area contributed by atoms with Crippen LogP contribution < -0.4 is 4.74 Å². The molecule has 1 rings (SSSR count). The van der Waals surface area contributed by atoms with Crippen LogP contribution in [0, 0.1) is 13.8 Å². The molecule has 102 valence electrons. The molecule has 0 spiro atoms. The van der Waals surface area contributed by atoms with Gasteiger partial charge in [-0.05, 0) is 37.1 Å². The summed E-state index contributed by atoms with van der Waals surface area (Å²) in [5, 5.41) is 0. The standard InChI is InChI=1S/C10H10ClF3O3S/c1-6-7(2)9(18(11,15)16)4-3-8(6)17-5-10(12,13)14/h3-4H,5H2,1-2H3. The van der Waals surface area contributed by atoms with Crippen LogP contribution in [0.2, 0.25) is 0 Å². The molecule has 0 N–H and O–H groups in total. The Morgan fingerprint density at radius 1 is 1.22 bits per heavy atom. The van der Waals surface area contributed by atoms with E-state index in [0.29, 0.717) is 5.56 Å². The van der Waals surface area contributed by atoms with Gasteiger partial charge in [-0.15, -0.1) is 0 Å². The average molecular weight is 303 g/mol. The molecule has 8 heteroatoms. The zero-order valence-corrected chi connectivity index (χ0v) is 11.1. The lowest BCUT2D eigenvalue weighted by Gasteiger charge is -2.14. The molecule has 0 aromatic heterocycles. The third-order valence-corrected chi connectivity index (χ3v) is 3.81. The Hall–Kier alpha value is -0.950. The second-order valence-corrected chi connectivity index (χ2v) is 6.19. The van der Waals surface area contributed by atoms with Crippen LogP contribution in [-0.2, 0) is 9.05 Å². The molecule has 0 saturated heterocycles. The molecule has 1 aromatic rings. The van der Waals surface area contributed by atoms with E-state index in [1.165, 1.54) is 13.8 Å². The summed E-state index contributed by atoms with van der Waals surface area (Å²) in [6.07, 6.45) is -4.45. The van der Waals surface area contributed by atoms with Crippen LogP contribution in [0.4, 0.5) is 13.2 Å². The third kappa shape index (κ3) is 3.78. The summed E-state index contributed by atoms with van der Waals surface area (Å²) in [7, 11) is 1.27. The molecule has 0 heterocycles. The topological polar surface area (TPSA) is 43.4 Å². The van der Waals surface area contributed by atoms with Gasteiger partial charge in [0.25, 0.3) is 9.05 Å². The lowest BCUT2D eigenvalue weighted by Crippen LogP contribution is -2.19. The highest BCUT2D eigenvalue weighted by molar-refractivity contribution is 8.13. The van der Waals surface area contributed by atoms with Crippen molar-refractivity contribution in [2.24, 2.45) is 0 Å². The van der Waals surface area contributed by atoms with Crippen LogP contribution in [0.3, 0.4) is 0 Å². The molecule has 0 amide bonds. The third-order valence-electron chi connectivity index (χ3n) is 2.34. The number of halogens is 4. The fourth-order valence-corrected chi connectivity index (χ4v) is 2.60. The van der Waals surface area contributed by atoms with Crippen molar-refractivity contribution >= 4 is 19.7 Å². The molecule has 0 radical (unpaired) electrons. The first-order chi connectivity index (χ1) is 8.02. The quantitative estimate of drug-likeness (QED) is 0.806. The van der Waals surface area contributed by atoms with Gasteiger partial charge in [0, 0.05) is 10.7 Å². The van der Waals surface area contributed by atoms with E-state index < -0.39 is 21.8 Å². The van der Waals surface area contributed by atoms with Gasteiger partial charge in [-0.3, -0.25) is 0 Å². The van der Waals surface area contributed by atoms with Crippen molar-refractivity contribution in [2.45, 2.75) is 24.9 Å². The van der Waals surface area contributed by atoms with E-state index in [4.69, 9.17) is 10.7 Å². The van der Waals surface area contributed by atoms with E-state index in [1.54, 1.807) is 0 Å². The maximum absolute atomic E-state index is 12.0. The van der Waals surface area contributed by atoms with Gasteiger partial charge in [0.05, 0.1) is 4.90 Å². The van der Waals surface area contributed by atoms with Gasteiger partial charge in [0.2, 0.25) is 0 Å². The van der Waals surface area contributed by atoms with Crippen LogP contribution in [0.25, 0.3) is 0 Å². The summed E-state index contributed by atoms with van der Waals surface area (Å²) in [5.41, 5.74) is 0.575. The van der Waals surface area contributed by atoms with Gasteiger partial charge in [-0.2, -0.15) is 13.2 Å². The fraction of sp³-hybridized carbons (Fsp3) is 0.400. The smallest absolute Gasteiger partial charge is 0.422 e. The molecule has 0 aliphatic heterocycles.